The zero-order valence-electron chi connectivity index (χ0n) is 15.6. The Bertz CT molecular complexity index is 1030. The monoisotopic (exact) mass is 397 g/mol. The Morgan fingerprint density at radius 1 is 1.25 bits per heavy atom. The number of nitro groups is 1. The Labute approximate surface area is 165 Å². The number of anilines is 1. The molecule has 0 fully saturated rings. The van der Waals surface area contributed by atoms with Crippen LogP contribution in [0, 0.1) is 24.0 Å². The van der Waals surface area contributed by atoms with Crippen molar-refractivity contribution in [2.75, 3.05) is 5.32 Å². The van der Waals surface area contributed by atoms with Gasteiger partial charge in [-0.2, -0.15) is 0 Å². The lowest BCUT2D eigenvalue weighted by Crippen LogP contribution is -2.22. The molecule has 2 aromatic carbocycles. The van der Waals surface area contributed by atoms with Crippen LogP contribution in [0.25, 0.3) is 11.4 Å². The number of carbonyl (C=O) groups excluding carboxylic acids is 1. The van der Waals surface area contributed by atoms with Crippen molar-refractivity contribution in [3.63, 3.8) is 0 Å². The molecule has 28 heavy (non-hydrogen) atoms. The summed E-state index contributed by atoms with van der Waals surface area (Å²) in [7, 11) is 0. The van der Waals surface area contributed by atoms with E-state index in [2.05, 4.69) is 20.5 Å². The zero-order valence-corrected chi connectivity index (χ0v) is 16.4. The predicted molar refractivity (Wildman–Crippen MR) is 108 cm³/mol. The number of benzene rings is 2. The third kappa shape index (κ3) is 4.55. The highest BCUT2D eigenvalue weighted by atomic mass is 32.2. The van der Waals surface area contributed by atoms with Gasteiger partial charge in [0.1, 0.15) is 0 Å². The summed E-state index contributed by atoms with van der Waals surface area (Å²) in [6, 6.07) is 12.5. The van der Waals surface area contributed by atoms with E-state index in [1.165, 1.54) is 17.8 Å². The number of aromatic nitrogens is 3. The van der Waals surface area contributed by atoms with Gasteiger partial charge in [0.25, 0.3) is 5.69 Å². The lowest BCUT2D eigenvalue weighted by Gasteiger charge is -2.10. The van der Waals surface area contributed by atoms with Crippen molar-refractivity contribution in [2.45, 2.75) is 31.2 Å². The smallest absolute Gasteiger partial charge is 0.274 e. The molecular weight excluding hydrogens is 378 g/mol. The molecule has 1 atom stereocenters. The number of hydrogen-bond donors (Lipinski definition) is 2. The lowest BCUT2D eigenvalue weighted by molar-refractivity contribution is -0.385. The number of rotatable bonds is 6. The molecule has 3 aromatic rings. The predicted octanol–water partition coefficient (Wildman–Crippen LogP) is 4.12. The molecule has 0 saturated carbocycles. The Morgan fingerprint density at radius 2 is 2.04 bits per heavy atom. The van der Waals surface area contributed by atoms with Crippen LogP contribution in [0.5, 0.6) is 0 Å². The number of nitrogens with zero attached hydrogens (tertiary/aromatic N) is 3. The van der Waals surface area contributed by atoms with Crippen molar-refractivity contribution in [1.29, 1.82) is 0 Å². The van der Waals surface area contributed by atoms with E-state index in [1.807, 2.05) is 31.2 Å². The fourth-order valence-corrected chi connectivity index (χ4v) is 3.28. The molecule has 0 unspecified atom stereocenters. The van der Waals surface area contributed by atoms with Gasteiger partial charge in [0.05, 0.1) is 10.2 Å². The maximum absolute atomic E-state index is 12.4. The molecule has 0 saturated heterocycles. The molecule has 8 nitrogen and oxygen atoms in total. The van der Waals surface area contributed by atoms with E-state index >= 15 is 0 Å². The first-order valence-electron chi connectivity index (χ1n) is 8.55. The number of aryl methyl sites for hydroxylation is 2. The second-order valence-corrected chi connectivity index (χ2v) is 7.65. The zero-order chi connectivity index (χ0) is 20.3. The van der Waals surface area contributed by atoms with Crippen LogP contribution < -0.4 is 5.32 Å². The van der Waals surface area contributed by atoms with Crippen LogP contribution in [0.2, 0.25) is 0 Å². The minimum absolute atomic E-state index is 0.0325. The molecule has 1 heterocycles. The SMILES string of the molecule is Cc1cccc(-c2nc(S[C@H](C)C(=O)Nc3ccc(C)c([N+](=O)[O-])c3)n[nH]2)c1. The summed E-state index contributed by atoms with van der Waals surface area (Å²) in [4.78, 5) is 27.4. The molecule has 9 heteroatoms. The van der Waals surface area contributed by atoms with Crippen LogP contribution in [-0.4, -0.2) is 31.3 Å². The fourth-order valence-electron chi connectivity index (χ4n) is 2.56. The van der Waals surface area contributed by atoms with Crippen molar-refractivity contribution in [3.8, 4) is 11.4 Å². The second kappa shape index (κ2) is 8.22. The van der Waals surface area contributed by atoms with Crippen LogP contribution in [0.4, 0.5) is 11.4 Å². The van der Waals surface area contributed by atoms with Gasteiger partial charge in [0.15, 0.2) is 5.82 Å². The van der Waals surface area contributed by atoms with Crippen LogP contribution in [-0.2, 0) is 4.79 Å². The van der Waals surface area contributed by atoms with Gasteiger partial charge in [0, 0.05) is 22.9 Å². The number of amides is 1. The average Bonchev–Trinajstić information content (AvgIpc) is 3.11. The van der Waals surface area contributed by atoms with E-state index < -0.39 is 10.2 Å². The molecule has 2 N–H and O–H groups in total. The number of hydrogen-bond acceptors (Lipinski definition) is 6. The van der Waals surface area contributed by atoms with E-state index in [0.29, 0.717) is 22.2 Å². The summed E-state index contributed by atoms with van der Waals surface area (Å²) < 4.78 is 0. The van der Waals surface area contributed by atoms with Crippen molar-refractivity contribution in [3.05, 3.63) is 63.7 Å². The van der Waals surface area contributed by atoms with Gasteiger partial charge < -0.3 is 5.32 Å². The van der Waals surface area contributed by atoms with Gasteiger partial charge in [-0.15, -0.1) is 5.10 Å². The Balaban J connectivity index is 1.66. The largest absolute Gasteiger partial charge is 0.325 e. The van der Waals surface area contributed by atoms with Crippen LogP contribution >= 0.6 is 11.8 Å². The number of thioether (sulfide) groups is 1. The third-order valence-corrected chi connectivity index (χ3v) is 5.04. The minimum atomic E-state index is -0.485. The highest BCUT2D eigenvalue weighted by Crippen LogP contribution is 2.26. The summed E-state index contributed by atoms with van der Waals surface area (Å²) in [5, 5.41) is 20.8. The molecule has 1 amide bonds. The molecule has 1 aromatic heterocycles. The quantitative estimate of drug-likeness (QED) is 0.367. The van der Waals surface area contributed by atoms with Crippen molar-refractivity contribution < 1.29 is 9.72 Å². The summed E-state index contributed by atoms with van der Waals surface area (Å²) in [5.74, 6) is 0.345. The fraction of sp³-hybridized carbons (Fsp3) is 0.211. The summed E-state index contributed by atoms with van der Waals surface area (Å²) in [6.07, 6.45) is 0. The topological polar surface area (TPSA) is 114 Å². The lowest BCUT2D eigenvalue weighted by atomic mass is 10.1. The first-order chi connectivity index (χ1) is 13.3. The number of nitro benzene ring substituents is 1. The first-order valence-corrected chi connectivity index (χ1v) is 9.43. The number of nitrogens with one attached hydrogen (secondary N) is 2. The number of carbonyl (C=O) groups is 1. The van der Waals surface area contributed by atoms with Crippen molar-refractivity contribution in [1.82, 2.24) is 15.2 Å². The molecule has 0 aliphatic rings. The second-order valence-electron chi connectivity index (χ2n) is 6.34. The van der Waals surface area contributed by atoms with E-state index in [0.717, 1.165) is 11.1 Å². The molecule has 3 rings (SSSR count). The summed E-state index contributed by atoms with van der Waals surface area (Å²) >= 11 is 1.20. The van der Waals surface area contributed by atoms with Crippen molar-refractivity contribution in [2.24, 2.45) is 0 Å². The Kier molecular flexibility index (Phi) is 5.74. The summed E-state index contributed by atoms with van der Waals surface area (Å²) in [6.45, 7) is 5.37. The molecule has 144 valence electrons. The number of aromatic amines is 1. The molecule has 0 spiro atoms. The normalized spacial score (nSPS) is 11.8. The highest BCUT2D eigenvalue weighted by molar-refractivity contribution is 8.00. The van der Waals surface area contributed by atoms with E-state index in [4.69, 9.17) is 0 Å². The number of H-pyrrole nitrogens is 1. The average molecular weight is 397 g/mol. The van der Waals surface area contributed by atoms with Gasteiger partial charge in [0.2, 0.25) is 11.1 Å². The standard InChI is InChI=1S/C19H19N5O3S/c1-11-5-4-6-14(9-11)17-21-19(23-22-17)28-13(3)18(25)20-15-8-7-12(2)16(10-15)24(26)27/h4-10,13H,1-3H3,(H,20,25)(H,21,22,23)/t13-/m1/s1. The van der Waals surface area contributed by atoms with Gasteiger partial charge >= 0.3 is 0 Å². The van der Waals surface area contributed by atoms with Crippen molar-refractivity contribution >= 4 is 29.0 Å². The maximum atomic E-state index is 12.4. The van der Waals surface area contributed by atoms with Gasteiger partial charge in [-0.05, 0) is 32.9 Å². The van der Waals surface area contributed by atoms with Gasteiger partial charge in [-0.3, -0.25) is 20.0 Å². The first kappa shape index (κ1) is 19.6. The molecule has 0 aliphatic heterocycles. The van der Waals surface area contributed by atoms with Gasteiger partial charge in [-0.25, -0.2) is 4.98 Å². The summed E-state index contributed by atoms with van der Waals surface area (Å²) in [5.41, 5.74) is 2.92. The Morgan fingerprint density at radius 3 is 2.75 bits per heavy atom. The van der Waals surface area contributed by atoms with E-state index in [1.54, 1.807) is 26.0 Å². The molecule has 0 aliphatic carbocycles. The van der Waals surface area contributed by atoms with Gasteiger partial charge in [-0.1, -0.05) is 41.6 Å². The third-order valence-electron chi connectivity index (χ3n) is 4.08. The molecule has 0 radical (unpaired) electrons. The van der Waals surface area contributed by atoms with E-state index in [-0.39, 0.29) is 11.6 Å². The highest BCUT2D eigenvalue weighted by Gasteiger charge is 2.19. The maximum Gasteiger partial charge on any atom is 0.274 e. The molecule has 0 bridgehead atoms. The minimum Gasteiger partial charge on any atom is -0.325 e. The van der Waals surface area contributed by atoms with Crippen LogP contribution in [0.15, 0.2) is 47.6 Å². The Hall–Kier alpha value is -3.20. The van der Waals surface area contributed by atoms with E-state index in [9.17, 15) is 14.9 Å². The van der Waals surface area contributed by atoms with Crippen LogP contribution in [0.3, 0.4) is 0 Å². The van der Waals surface area contributed by atoms with Crippen LogP contribution in [0.1, 0.15) is 18.1 Å². The molecular formula is C19H19N5O3S.